The summed E-state index contributed by atoms with van der Waals surface area (Å²) in [6, 6.07) is 7.81. The molecule has 6 heteroatoms. The van der Waals surface area contributed by atoms with E-state index in [9.17, 15) is 4.79 Å². The highest BCUT2D eigenvalue weighted by Gasteiger charge is 2.14. The van der Waals surface area contributed by atoms with Crippen LogP contribution in [-0.2, 0) is 10.5 Å². The highest BCUT2D eigenvalue weighted by Crippen LogP contribution is 2.17. The summed E-state index contributed by atoms with van der Waals surface area (Å²) in [5.74, 6) is 1.63. The molecule has 1 N–H and O–H groups in total. The molecule has 0 bridgehead atoms. The minimum absolute atomic E-state index is 0. The van der Waals surface area contributed by atoms with Crippen molar-refractivity contribution in [3.63, 3.8) is 0 Å². The summed E-state index contributed by atoms with van der Waals surface area (Å²) in [7, 11) is 0. The summed E-state index contributed by atoms with van der Waals surface area (Å²) in [6.07, 6.45) is 1.05. The summed E-state index contributed by atoms with van der Waals surface area (Å²) in [6.45, 7) is 3.63. The third-order valence-corrected chi connectivity index (χ3v) is 4.30. The Balaban J connectivity index is 0.00000200. The minimum atomic E-state index is 0. The van der Waals surface area contributed by atoms with Crippen molar-refractivity contribution in [2.45, 2.75) is 12.2 Å². The Kier molecular flexibility index (Phi) is 8.38. The molecule has 0 unspecified atom stereocenters. The molecule has 1 heterocycles. The second-order valence-electron chi connectivity index (χ2n) is 4.61. The average molecular weight is 335 g/mol. The van der Waals surface area contributed by atoms with Gasteiger partial charge in [-0.25, -0.2) is 0 Å². The SMILES string of the molecule is Cl.O=C(CSCc1cccc(Cl)c1)N1CCCNCC1. The van der Waals surface area contributed by atoms with Crippen molar-refractivity contribution in [2.75, 3.05) is 31.9 Å². The van der Waals surface area contributed by atoms with Gasteiger partial charge in [-0.3, -0.25) is 4.79 Å². The molecule has 1 aromatic rings. The molecule has 3 nitrogen and oxygen atoms in total. The van der Waals surface area contributed by atoms with E-state index in [1.807, 2.05) is 29.2 Å². The first-order chi connectivity index (χ1) is 9.25. The number of halogens is 2. The van der Waals surface area contributed by atoms with Crippen LogP contribution in [0, 0.1) is 0 Å². The van der Waals surface area contributed by atoms with Gasteiger partial charge in [-0.15, -0.1) is 24.2 Å². The lowest BCUT2D eigenvalue weighted by atomic mass is 10.2. The number of nitrogens with one attached hydrogen (secondary N) is 1. The zero-order valence-corrected chi connectivity index (χ0v) is 13.7. The number of hydrogen-bond donors (Lipinski definition) is 1. The standard InChI is InChI=1S/C14H19ClN2OS.ClH/c15-13-4-1-3-12(9-13)10-19-11-14(18)17-7-2-5-16-6-8-17;/h1,3-4,9,16H,2,5-8,10-11H2;1H. The number of nitrogens with zero attached hydrogens (tertiary/aromatic N) is 1. The van der Waals surface area contributed by atoms with E-state index in [0.717, 1.165) is 43.4 Å². The van der Waals surface area contributed by atoms with E-state index < -0.39 is 0 Å². The fourth-order valence-corrected chi connectivity index (χ4v) is 3.16. The van der Waals surface area contributed by atoms with Crippen LogP contribution in [0.25, 0.3) is 0 Å². The van der Waals surface area contributed by atoms with E-state index in [-0.39, 0.29) is 18.3 Å². The molecule has 1 aliphatic heterocycles. The quantitative estimate of drug-likeness (QED) is 0.918. The van der Waals surface area contributed by atoms with Crippen molar-refractivity contribution in [3.8, 4) is 0 Å². The van der Waals surface area contributed by atoms with E-state index in [1.54, 1.807) is 11.8 Å². The van der Waals surface area contributed by atoms with Crippen molar-refractivity contribution in [2.24, 2.45) is 0 Å². The fraction of sp³-hybridized carbons (Fsp3) is 0.500. The number of amides is 1. The minimum Gasteiger partial charge on any atom is -0.341 e. The molecule has 1 aromatic carbocycles. The van der Waals surface area contributed by atoms with E-state index in [1.165, 1.54) is 5.56 Å². The Hall–Kier alpha value is -0.420. The Morgan fingerprint density at radius 2 is 2.20 bits per heavy atom. The average Bonchev–Trinajstić information content (AvgIpc) is 2.67. The normalized spacial score (nSPS) is 15.3. The summed E-state index contributed by atoms with van der Waals surface area (Å²) < 4.78 is 0. The molecular formula is C14H20Cl2N2OS. The van der Waals surface area contributed by atoms with E-state index >= 15 is 0 Å². The van der Waals surface area contributed by atoms with Crippen LogP contribution >= 0.6 is 35.8 Å². The van der Waals surface area contributed by atoms with Gasteiger partial charge >= 0.3 is 0 Å². The van der Waals surface area contributed by atoms with Crippen LogP contribution in [0.4, 0.5) is 0 Å². The smallest absolute Gasteiger partial charge is 0.232 e. The predicted octanol–water partition coefficient (Wildman–Crippen LogP) is 2.82. The van der Waals surface area contributed by atoms with Gasteiger partial charge in [0, 0.05) is 30.4 Å². The monoisotopic (exact) mass is 334 g/mol. The molecule has 1 amide bonds. The number of benzene rings is 1. The third kappa shape index (κ3) is 5.92. The second kappa shape index (κ2) is 9.50. The van der Waals surface area contributed by atoms with Crippen LogP contribution in [0.5, 0.6) is 0 Å². The van der Waals surface area contributed by atoms with Gasteiger partial charge in [0.2, 0.25) is 5.91 Å². The largest absolute Gasteiger partial charge is 0.341 e. The third-order valence-electron chi connectivity index (χ3n) is 3.08. The van der Waals surface area contributed by atoms with Gasteiger partial charge in [-0.05, 0) is 30.7 Å². The molecule has 0 saturated carbocycles. The molecule has 0 spiro atoms. The van der Waals surface area contributed by atoms with Gasteiger partial charge in [-0.1, -0.05) is 23.7 Å². The maximum atomic E-state index is 12.1. The van der Waals surface area contributed by atoms with Crippen molar-refractivity contribution in [1.82, 2.24) is 10.2 Å². The lowest BCUT2D eigenvalue weighted by Crippen LogP contribution is -2.35. The Bertz CT molecular complexity index is 423. The van der Waals surface area contributed by atoms with Crippen molar-refractivity contribution >= 4 is 41.7 Å². The lowest BCUT2D eigenvalue weighted by molar-refractivity contribution is -0.128. The molecule has 0 aromatic heterocycles. The van der Waals surface area contributed by atoms with E-state index in [4.69, 9.17) is 11.6 Å². The first-order valence-corrected chi connectivity index (χ1v) is 8.09. The molecule has 1 fully saturated rings. The van der Waals surface area contributed by atoms with Crippen molar-refractivity contribution in [1.29, 1.82) is 0 Å². The Labute approximate surface area is 135 Å². The Morgan fingerprint density at radius 1 is 1.35 bits per heavy atom. The molecule has 20 heavy (non-hydrogen) atoms. The zero-order chi connectivity index (χ0) is 13.5. The molecule has 112 valence electrons. The molecule has 0 aliphatic carbocycles. The molecule has 1 aliphatic rings. The van der Waals surface area contributed by atoms with Gasteiger partial charge in [0.1, 0.15) is 0 Å². The van der Waals surface area contributed by atoms with Crippen LogP contribution in [0.15, 0.2) is 24.3 Å². The number of carbonyl (C=O) groups excluding carboxylic acids is 1. The van der Waals surface area contributed by atoms with Gasteiger partial charge in [0.25, 0.3) is 0 Å². The zero-order valence-electron chi connectivity index (χ0n) is 11.3. The predicted molar refractivity (Wildman–Crippen MR) is 88.9 cm³/mol. The first kappa shape index (κ1) is 17.6. The Morgan fingerprint density at radius 3 is 3.00 bits per heavy atom. The van der Waals surface area contributed by atoms with Gasteiger partial charge in [0.05, 0.1) is 5.75 Å². The van der Waals surface area contributed by atoms with Crippen molar-refractivity contribution in [3.05, 3.63) is 34.9 Å². The van der Waals surface area contributed by atoms with Crippen molar-refractivity contribution < 1.29 is 4.79 Å². The number of hydrogen-bond acceptors (Lipinski definition) is 3. The van der Waals surface area contributed by atoms with E-state index in [0.29, 0.717) is 5.75 Å². The molecule has 1 saturated heterocycles. The van der Waals surface area contributed by atoms with E-state index in [2.05, 4.69) is 5.32 Å². The number of thioether (sulfide) groups is 1. The summed E-state index contributed by atoms with van der Waals surface area (Å²) in [5.41, 5.74) is 1.17. The van der Waals surface area contributed by atoms with Crippen LogP contribution in [0.3, 0.4) is 0 Å². The summed E-state index contributed by atoms with van der Waals surface area (Å²) >= 11 is 7.59. The van der Waals surface area contributed by atoms with Crippen LogP contribution in [0.1, 0.15) is 12.0 Å². The maximum Gasteiger partial charge on any atom is 0.232 e. The summed E-state index contributed by atoms with van der Waals surface area (Å²) in [5, 5.41) is 4.06. The first-order valence-electron chi connectivity index (χ1n) is 6.56. The topological polar surface area (TPSA) is 32.3 Å². The lowest BCUT2D eigenvalue weighted by Gasteiger charge is -2.19. The fourth-order valence-electron chi connectivity index (χ4n) is 2.07. The molecule has 2 rings (SSSR count). The second-order valence-corrected chi connectivity index (χ2v) is 6.03. The van der Waals surface area contributed by atoms with Gasteiger partial charge < -0.3 is 10.2 Å². The molecule has 0 radical (unpaired) electrons. The van der Waals surface area contributed by atoms with Crippen LogP contribution in [-0.4, -0.2) is 42.7 Å². The van der Waals surface area contributed by atoms with Gasteiger partial charge in [0.15, 0.2) is 0 Å². The highest BCUT2D eigenvalue weighted by atomic mass is 35.5. The van der Waals surface area contributed by atoms with Crippen LogP contribution < -0.4 is 5.32 Å². The maximum absolute atomic E-state index is 12.1. The number of rotatable bonds is 4. The molecule has 0 atom stereocenters. The number of carbonyl (C=O) groups is 1. The summed E-state index contributed by atoms with van der Waals surface area (Å²) in [4.78, 5) is 14.0. The highest BCUT2D eigenvalue weighted by molar-refractivity contribution is 7.99. The van der Waals surface area contributed by atoms with Crippen LogP contribution in [0.2, 0.25) is 5.02 Å². The molecular weight excluding hydrogens is 315 g/mol. The van der Waals surface area contributed by atoms with Gasteiger partial charge in [-0.2, -0.15) is 0 Å².